The molecule has 2 aromatic rings. The second-order valence-electron chi connectivity index (χ2n) is 9.57. The van der Waals surface area contributed by atoms with Crippen molar-refractivity contribution in [2.45, 2.75) is 46.0 Å². The van der Waals surface area contributed by atoms with E-state index in [0.717, 1.165) is 43.4 Å². The highest BCUT2D eigenvalue weighted by atomic mass is 35.5. The standard InChI is InChI=1S/C30H42N4O5.ClH/c1-4-33(5-2)30(36)25-10-9-17-34(22-25)29(35)24-13-16-27(28(20-24)37-3)39-19-8-6-7-18-38-26-14-11-23(12-15-26)21-32-31;/h11-16,20-21,25H,4-10,17-19,22,31H2,1-3H3;1H. The highest BCUT2D eigenvalue weighted by molar-refractivity contribution is 5.95. The molecular weight excluding hydrogens is 532 g/mol. The van der Waals surface area contributed by atoms with Crippen molar-refractivity contribution in [1.82, 2.24) is 9.80 Å². The molecule has 0 radical (unpaired) electrons. The van der Waals surface area contributed by atoms with Crippen LogP contribution in [0.4, 0.5) is 0 Å². The average Bonchev–Trinajstić information content (AvgIpc) is 2.98. The largest absolute Gasteiger partial charge is 0.494 e. The van der Waals surface area contributed by atoms with Gasteiger partial charge in [0.25, 0.3) is 5.91 Å². The molecule has 1 atom stereocenters. The number of piperidine rings is 1. The van der Waals surface area contributed by atoms with Gasteiger partial charge in [-0.1, -0.05) is 0 Å². The molecule has 3 rings (SSSR count). The van der Waals surface area contributed by atoms with Crippen LogP contribution < -0.4 is 20.1 Å². The molecule has 40 heavy (non-hydrogen) atoms. The van der Waals surface area contributed by atoms with Crippen LogP contribution in [0, 0.1) is 5.92 Å². The maximum Gasteiger partial charge on any atom is 0.254 e. The van der Waals surface area contributed by atoms with Gasteiger partial charge in [-0.05, 0) is 94.0 Å². The molecule has 1 aliphatic heterocycles. The minimum atomic E-state index is -0.144. The number of amides is 2. The van der Waals surface area contributed by atoms with Gasteiger partial charge in [0.2, 0.25) is 5.91 Å². The number of nitrogens with zero attached hydrogens (tertiary/aromatic N) is 3. The maximum atomic E-state index is 13.2. The Hall–Kier alpha value is -3.46. The van der Waals surface area contributed by atoms with Gasteiger partial charge in [-0.2, -0.15) is 5.10 Å². The van der Waals surface area contributed by atoms with Crippen LogP contribution in [0.1, 0.15) is 61.9 Å². The third-order valence-electron chi connectivity index (χ3n) is 6.96. The minimum Gasteiger partial charge on any atom is -0.494 e. The summed E-state index contributed by atoms with van der Waals surface area (Å²) in [7, 11) is 1.57. The molecule has 2 N–H and O–H groups in total. The van der Waals surface area contributed by atoms with Crippen molar-refractivity contribution >= 4 is 30.4 Å². The van der Waals surface area contributed by atoms with E-state index in [4.69, 9.17) is 20.1 Å². The van der Waals surface area contributed by atoms with E-state index in [2.05, 4.69) is 5.10 Å². The Morgan fingerprint density at radius 2 is 1.73 bits per heavy atom. The van der Waals surface area contributed by atoms with Crippen LogP contribution >= 0.6 is 12.4 Å². The normalized spacial score (nSPS) is 14.9. The van der Waals surface area contributed by atoms with E-state index < -0.39 is 0 Å². The van der Waals surface area contributed by atoms with Gasteiger partial charge in [0, 0.05) is 31.7 Å². The molecule has 1 saturated heterocycles. The highest BCUT2D eigenvalue weighted by Crippen LogP contribution is 2.30. The van der Waals surface area contributed by atoms with Crippen molar-refractivity contribution in [3.8, 4) is 17.2 Å². The number of rotatable bonds is 14. The summed E-state index contributed by atoms with van der Waals surface area (Å²) in [5.41, 5.74) is 1.47. The van der Waals surface area contributed by atoms with Crippen LogP contribution in [-0.2, 0) is 4.79 Å². The monoisotopic (exact) mass is 574 g/mol. The van der Waals surface area contributed by atoms with Crippen LogP contribution in [0.3, 0.4) is 0 Å². The zero-order valence-electron chi connectivity index (χ0n) is 23.8. The van der Waals surface area contributed by atoms with E-state index >= 15 is 0 Å². The number of carbonyl (C=O) groups is 2. The number of ether oxygens (including phenoxy) is 3. The van der Waals surface area contributed by atoms with Crippen molar-refractivity contribution in [3.05, 3.63) is 53.6 Å². The molecule has 1 unspecified atom stereocenters. The van der Waals surface area contributed by atoms with Crippen molar-refractivity contribution in [3.63, 3.8) is 0 Å². The number of hydrazone groups is 1. The summed E-state index contributed by atoms with van der Waals surface area (Å²) in [5, 5.41) is 3.51. The predicted molar refractivity (Wildman–Crippen MR) is 160 cm³/mol. The van der Waals surface area contributed by atoms with Gasteiger partial charge in [0.1, 0.15) is 5.75 Å². The molecule has 9 nitrogen and oxygen atoms in total. The number of carbonyl (C=O) groups excluding carboxylic acids is 2. The van der Waals surface area contributed by atoms with Crippen LogP contribution in [0.5, 0.6) is 17.2 Å². The molecule has 10 heteroatoms. The van der Waals surface area contributed by atoms with Gasteiger partial charge >= 0.3 is 0 Å². The summed E-state index contributed by atoms with van der Waals surface area (Å²) in [6, 6.07) is 12.9. The molecular formula is C30H43ClN4O5. The Balaban J connectivity index is 0.00000560. The number of unbranched alkanes of at least 4 members (excludes halogenated alkanes) is 2. The van der Waals surface area contributed by atoms with Crippen LogP contribution in [0.25, 0.3) is 0 Å². The Bertz CT molecular complexity index is 1090. The number of hydrogen-bond donors (Lipinski definition) is 1. The second kappa shape index (κ2) is 17.3. The van der Waals surface area contributed by atoms with Gasteiger partial charge in [0.05, 0.1) is 32.5 Å². The lowest BCUT2D eigenvalue weighted by atomic mass is 9.95. The van der Waals surface area contributed by atoms with E-state index in [1.165, 1.54) is 0 Å². The summed E-state index contributed by atoms with van der Waals surface area (Å²) in [6.07, 6.45) is 5.97. The quantitative estimate of drug-likeness (QED) is 0.151. The summed E-state index contributed by atoms with van der Waals surface area (Å²) in [6.45, 7) is 7.62. The van der Waals surface area contributed by atoms with Gasteiger partial charge < -0.3 is 29.9 Å². The average molecular weight is 575 g/mol. The van der Waals surface area contributed by atoms with Gasteiger partial charge in [-0.15, -0.1) is 12.4 Å². The van der Waals surface area contributed by atoms with Crippen molar-refractivity contribution in [1.29, 1.82) is 0 Å². The molecule has 2 amide bonds. The smallest absolute Gasteiger partial charge is 0.254 e. The number of halogens is 1. The van der Waals surface area contributed by atoms with Crippen molar-refractivity contribution in [2.75, 3.05) is 46.5 Å². The van der Waals surface area contributed by atoms with Gasteiger partial charge in [-0.3, -0.25) is 9.59 Å². The van der Waals surface area contributed by atoms with Crippen molar-refractivity contribution < 1.29 is 23.8 Å². The van der Waals surface area contributed by atoms with Crippen molar-refractivity contribution in [2.24, 2.45) is 16.9 Å². The highest BCUT2D eigenvalue weighted by Gasteiger charge is 2.31. The van der Waals surface area contributed by atoms with Gasteiger partial charge in [-0.25, -0.2) is 0 Å². The molecule has 0 aromatic heterocycles. The van der Waals surface area contributed by atoms with E-state index in [1.807, 2.05) is 43.0 Å². The number of hydrogen-bond acceptors (Lipinski definition) is 7. The molecule has 1 heterocycles. The summed E-state index contributed by atoms with van der Waals surface area (Å²) in [4.78, 5) is 29.7. The fraction of sp³-hybridized carbons (Fsp3) is 0.500. The first kappa shape index (κ1) is 32.8. The minimum absolute atomic E-state index is 0. The first-order valence-electron chi connectivity index (χ1n) is 13.9. The molecule has 0 spiro atoms. The maximum absolute atomic E-state index is 13.2. The lowest BCUT2D eigenvalue weighted by Gasteiger charge is -2.34. The summed E-state index contributed by atoms with van der Waals surface area (Å²) >= 11 is 0. The lowest BCUT2D eigenvalue weighted by Crippen LogP contribution is -2.46. The topological polar surface area (TPSA) is 107 Å². The molecule has 220 valence electrons. The van der Waals surface area contributed by atoms with E-state index in [-0.39, 0.29) is 30.1 Å². The SMILES string of the molecule is CCN(CC)C(=O)C1CCCN(C(=O)c2ccc(OCCCCCOc3ccc(C=NN)cc3)c(OC)c2)C1.Cl. The molecule has 2 aromatic carbocycles. The molecule has 1 fully saturated rings. The molecule has 0 saturated carbocycles. The zero-order valence-corrected chi connectivity index (χ0v) is 24.7. The fourth-order valence-corrected chi connectivity index (χ4v) is 4.75. The fourth-order valence-electron chi connectivity index (χ4n) is 4.75. The Morgan fingerprint density at radius 3 is 2.38 bits per heavy atom. The van der Waals surface area contributed by atoms with Crippen LogP contribution in [0.15, 0.2) is 47.6 Å². The number of methoxy groups -OCH3 is 1. The van der Waals surface area contributed by atoms with E-state index in [1.54, 1.807) is 36.4 Å². The zero-order chi connectivity index (χ0) is 28.0. The Kier molecular flexibility index (Phi) is 14.1. The summed E-state index contributed by atoms with van der Waals surface area (Å²) in [5.74, 6) is 7.02. The number of nitrogens with two attached hydrogens (primary N) is 1. The number of benzene rings is 2. The molecule has 0 aliphatic carbocycles. The molecule has 1 aliphatic rings. The van der Waals surface area contributed by atoms with Crippen LogP contribution in [-0.4, -0.2) is 74.3 Å². The van der Waals surface area contributed by atoms with E-state index in [0.29, 0.717) is 56.5 Å². The lowest BCUT2D eigenvalue weighted by molar-refractivity contribution is -0.136. The summed E-state index contributed by atoms with van der Waals surface area (Å²) < 4.78 is 17.2. The van der Waals surface area contributed by atoms with E-state index in [9.17, 15) is 9.59 Å². The molecule has 0 bridgehead atoms. The number of likely N-dealkylation sites (tertiary alicyclic amines) is 1. The third kappa shape index (κ3) is 9.33. The van der Waals surface area contributed by atoms with Crippen LogP contribution in [0.2, 0.25) is 0 Å². The predicted octanol–water partition coefficient (Wildman–Crippen LogP) is 4.76. The first-order valence-corrected chi connectivity index (χ1v) is 13.9. The van der Waals surface area contributed by atoms with Gasteiger partial charge in [0.15, 0.2) is 11.5 Å². The second-order valence-corrected chi connectivity index (χ2v) is 9.57. The third-order valence-corrected chi connectivity index (χ3v) is 6.96. The first-order chi connectivity index (χ1) is 19.0. The Labute approximate surface area is 244 Å². The Morgan fingerprint density at radius 1 is 1.02 bits per heavy atom.